The van der Waals surface area contributed by atoms with Gasteiger partial charge in [0, 0.05) is 33.5 Å². The van der Waals surface area contributed by atoms with Gasteiger partial charge in [-0.3, -0.25) is 0 Å². The van der Waals surface area contributed by atoms with E-state index in [2.05, 4.69) is 149 Å². The van der Waals surface area contributed by atoms with Gasteiger partial charge in [0.1, 0.15) is 6.07 Å². The summed E-state index contributed by atoms with van der Waals surface area (Å²) >= 11 is 0. The van der Waals surface area contributed by atoms with Crippen molar-refractivity contribution in [1.29, 1.82) is 5.26 Å². The van der Waals surface area contributed by atoms with Crippen LogP contribution in [0, 0.1) is 11.3 Å². The molecule has 8 rings (SSSR count). The molecule has 1 aromatic heterocycles. The van der Waals surface area contributed by atoms with E-state index in [4.69, 9.17) is 0 Å². The van der Waals surface area contributed by atoms with E-state index in [9.17, 15) is 5.26 Å². The number of aromatic nitrogens is 1. The highest BCUT2D eigenvalue weighted by molar-refractivity contribution is 6.09. The SMILES string of the molecule is C=C=Cc1ccc(-c2cccc(C#N)c2N2c3ccccc3C3C=CC=CC32)cc1-n1c2ccccc2c2ccccc21. The van der Waals surface area contributed by atoms with Gasteiger partial charge in [0.25, 0.3) is 0 Å². The summed E-state index contributed by atoms with van der Waals surface area (Å²) in [5, 5.41) is 12.8. The average Bonchev–Trinajstić information content (AvgIpc) is 3.58. The molecule has 3 nitrogen and oxygen atoms in total. The van der Waals surface area contributed by atoms with Crippen LogP contribution in [0.5, 0.6) is 0 Å². The van der Waals surface area contributed by atoms with Crippen LogP contribution in [0.1, 0.15) is 22.6 Å². The third kappa shape index (κ3) is 3.75. The Labute approximate surface area is 250 Å². The fourth-order valence-electron chi connectivity index (χ4n) is 6.99. The number of fused-ring (bicyclic) bond motifs is 6. The molecular weight excluding hydrogens is 522 g/mol. The summed E-state index contributed by atoms with van der Waals surface area (Å²) < 4.78 is 2.33. The molecule has 202 valence electrons. The summed E-state index contributed by atoms with van der Waals surface area (Å²) in [5.74, 6) is 0.231. The van der Waals surface area contributed by atoms with E-state index >= 15 is 0 Å². The molecule has 6 aromatic rings. The number of nitrogens with zero attached hydrogens (tertiary/aromatic N) is 3. The predicted octanol–water partition coefficient (Wildman–Crippen LogP) is 9.85. The fraction of sp³-hybridized carbons (Fsp3) is 0.0500. The lowest BCUT2D eigenvalue weighted by Gasteiger charge is -2.31. The minimum absolute atomic E-state index is 0.0930. The number of para-hydroxylation sites is 4. The number of nitriles is 1. The molecule has 0 spiro atoms. The highest BCUT2D eigenvalue weighted by Gasteiger charge is 2.39. The zero-order valence-electron chi connectivity index (χ0n) is 23.5. The monoisotopic (exact) mass is 549 g/mol. The first kappa shape index (κ1) is 24.9. The second kappa shape index (κ2) is 9.93. The molecule has 1 aliphatic heterocycles. The van der Waals surface area contributed by atoms with E-state index in [1.54, 1.807) is 0 Å². The van der Waals surface area contributed by atoms with Crippen LogP contribution in [0.15, 0.2) is 146 Å². The van der Waals surface area contributed by atoms with Gasteiger partial charge < -0.3 is 9.47 Å². The molecule has 2 heterocycles. The second-order valence-electron chi connectivity index (χ2n) is 11.0. The molecule has 1 aliphatic carbocycles. The van der Waals surface area contributed by atoms with Gasteiger partial charge in [0.05, 0.1) is 34.0 Å². The molecule has 3 heteroatoms. The Bertz CT molecular complexity index is 2180. The van der Waals surface area contributed by atoms with Crippen molar-refractivity contribution >= 4 is 39.3 Å². The molecule has 0 amide bonds. The Morgan fingerprint density at radius 1 is 0.721 bits per heavy atom. The molecule has 0 radical (unpaired) electrons. The van der Waals surface area contributed by atoms with E-state index in [-0.39, 0.29) is 12.0 Å². The first-order valence-corrected chi connectivity index (χ1v) is 14.5. The molecule has 2 aliphatic rings. The van der Waals surface area contributed by atoms with Gasteiger partial charge >= 0.3 is 0 Å². The number of allylic oxidation sites excluding steroid dienone is 2. The lowest BCUT2D eigenvalue weighted by atomic mass is 9.91. The molecule has 5 aromatic carbocycles. The second-order valence-corrected chi connectivity index (χ2v) is 11.0. The number of benzene rings is 5. The minimum Gasteiger partial charge on any atom is -0.332 e. The van der Waals surface area contributed by atoms with Gasteiger partial charge in [-0.25, -0.2) is 0 Å². The van der Waals surface area contributed by atoms with Crippen molar-refractivity contribution in [2.75, 3.05) is 4.90 Å². The zero-order valence-corrected chi connectivity index (χ0v) is 23.5. The van der Waals surface area contributed by atoms with Crippen molar-refractivity contribution in [3.8, 4) is 22.9 Å². The lowest BCUT2D eigenvalue weighted by molar-refractivity contribution is 0.744. The van der Waals surface area contributed by atoms with E-state index in [0.717, 1.165) is 44.8 Å². The first-order chi connectivity index (χ1) is 21.3. The van der Waals surface area contributed by atoms with Crippen LogP contribution in [0.4, 0.5) is 11.4 Å². The minimum atomic E-state index is 0.0930. The Hall–Kier alpha value is -5.81. The highest BCUT2D eigenvalue weighted by Crippen LogP contribution is 2.51. The van der Waals surface area contributed by atoms with E-state index in [1.165, 1.54) is 16.3 Å². The first-order valence-electron chi connectivity index (χ1n) is 14.5. The zero-order chi connectivity index (χ0) is 28.9. The summed E-state index contributed by atoms with van der Waals surface area (Å²) in [7, 11) is 0. The Morgan fingerprint density at radius 3 is 2.21 bits per heavy atom. The summed E-state index contributed by atoms with van der Waals surface area (Å²) in [6.45, 7) is 3.89. The number of hydrogen-bond acceptors (Lipinski definition) is 2. The standard InChI is InChI=1S/C40H27N3/c1-2-12-27-23-24-28(25-39(27)42-35-19-7-3-14-31(35)32-15-4-8-20-36(32)42)30-18-11-13-29(26-41)40(30)43-37-21-9-5-16-33(37)34-17-6-10-22-38(34)43/h3-25,33,37H,1H2. The topological polar surface area (TPSA) is 32.0 Å². The molecule has 2 unspecified atom stereocenters. The van der Waals surface area contributed by atoms with Gasteiger partial charge in [0.15, 0.2) is 0 Å². The lowest BCUT2D eigenvalue weighted by Crippen LogP contribution is -2.29. The summed E-state index contributed by atoms with van der Waals surface area (Å²) in [4.78, 5) is 2.37. The Kier molecular flexibility index (Phi) is 5.76. The molecule has 0 fully saturated rings. The van der Waals surface area contributed by atoms with Crippen LogP contribution >= 0.6 is 0 Å². The van der Waals surface area contributed by atoms with E-state index < -0.39 is 0 Å². The smallest absolute Gasteiger partial charge is 0.101 e. The van der Waals surface area contributed by atoms with Crippen molar-refractivity contribution < 1.29 is 0 Å². The molecule has 43 heavy (non-hydrogen) atoms. The van der Waals surface area contributed by atoms with Gasteiger partial charge in [-0.2, -0.15) is 5.26 Å². The van der Waals surface area contributed by atoms with Crippen molar-refractivity contribution in [2.24, 2.45) is 0 Å². The van der Waals surface area contributed by atoms with Gasteiger partial charge in [-0.15, -0.1) is 5.73 Å². The van der Waals surface area contributed by atoms with Gasteiger partial charge in [-0.05, 0) is 47.5 Å². The van der Waals surface area contributed by atoms with Crippen LogP contribution < -0.4 is 4.90 Å². The van der Waals surface area contributed by atoms with Crippen LogP contribution in [0.25, 0.3) is 44.7 Å². The van der Waals surface area contributed by atoms with Gasteiger partial charge in [-0.1, -0.05) is 110 Å². The van der Waals surface area contributed by atoms with Crippen molar-refractivity contribution in [3.05, 3.63) is 162 Å². The summed E-state index contributed by atoms with van der Waals surface area (Å²) in [5.41, 5.74) is 13.4. The molecular formula is C40H27N3. The van der Waals surface area contributed by atoms with Crippen molar-refractivity contribution in [3.63, 3.8) is 0 Å². The fourth-order valence-corrected chi connectivity index (χ4v) is 6.99. The summed E-state index contributed by atoms with van der Waals surface area (Å²) in [6, 6.07) is 40.9. The molecule has 0 N–H and O–H groups in total. The molecule has 0 bridgehead atoms. The number of hydrogen-bond donors (Lipinski definition) is 0. The maximum absolute atomic E-state index is 10.4. The van der Waals surface area contributed by atoms with Crippen LogP contribution in [-0.4, -0.2) is 10.6 Å². The molecule has 0 saturated carbocycles. The van der Waals surface area contributed by atoms with Crippen LogP contribution in [-0.2, 0) is 0 Å². The average molecular weight is 550 g/mol. The summed E-state index contributed by atoms with van der Waals surface area (Å²) in [6.07, 6.45) is 10.7. The van der Waals surface area contributed by atoms with Crippen LogP contribution in [0.3, 0.4) is 0 Å². The molecule has 0 saturated heterocycles. The van der Waals surface area contributed by atoms with Crippen molar-refractivity contribution in [2.45, 2.75) is 12.0 Å². The quantitative estimate of drug-likeness (QED) is 0.205. The third-order valence-electron chi connectivity index (χ3n) is 8.78. The molecule has 2 atom stereocenters. The van der Waals surface area contributed by atoms with E-state index in [1.807, 2.05) is 18.2 Å². The van der Waals surface area contributed by atoms with E-state index in [0.29, 0.717) is 5.56 Å². The van der Waals surface area contributed by atoms with Crippen molar-refractivity contribution in [1.82, 2.24) is 4.57 Å². The number of rotatable bonds is 4. The van der Waals surface area contributed by atoms with Crippen LogP contribution in [0.2, 0.25) is 0 Å². The maximum atomic E-state index is 10.4. The van der Waals surface area contributed by atoms with Gasteiger partial charge in [0.2, 0.25) is 0 Å². The maximum Gasteiger partial charge on any atom is 0.101 e. The Morgan fingerprint density at radius 2 is 1.44 bits per heavy atom. The number of anilines is 2. The Balaban J connectivity index is 1.40. The normalized spacial score (nSPS) is 16.6. The largest absolute Gasteiger partial charge is 0.332 e. The highest BCUT2D eigenvalue weighted by atomic mass is 15.2. The predicted molar refractivity (Wildman–Crippen MR) is 178 cm³/mol. The third-order valence-corrected chi connectivity index (χ3v) is 8.78.